The summed E-state index contributed by atoms with van der Waals surface area (Å²) in [6, 6.07) is 22.4. The Balaban J connectivity index is 2.10. The molecule has 25 heavy (non-hydrogen) atoms. The average Bonchev–Trinajstić information content (AvgIpc) is 2.99. The Morgan fingerprint density at radius 3 is 2.16 bits per heavy atom. The Hall–Kier alpha value is -2.74. The van der Waals surface area contributed by atoms with Gasteiger partial charge >= 0.3 is 0 Å². The van der Waals surface area contributed by atoms with Gasteiger partial charge in [0.25, 0.3) is 0 Å². The van der Waals surface area contributed by atoms with Crippen molar-refractivity contribution in [3.05, 3.63) is 83.4 Å². The summed E-state index contributed by atoms with van der Waals surface area (Å²) >= 11 is 0. The fourth-order valence-electron chi connectivity index (χ4n) is 4.48. The minimum Gasteiger partial charge on any atom is -0.299 e. The fourth-order valence-corrected chi connectivity index (χ4v) is 4.48. The number of hydrogen-bond donors (Lipinski definition) is 0. The first-order valence-corrected chi connectivity index (χ1v) is 8.63. The number of fused-ring (bicyclic) bond motifs is 3. The highest BCUT2D eigenvalue weighted by molar-refractivity contribution is 6.09. The predicted molar refractivity (Wildman–Crippen MR) is 99.7 cm³/mol. The predicted octanol–water partition coefficient (Wildman–Crippen LogP) is 4.69. The van der Waals surface area contributed by atoms with Gasteiger partial charge in [-0.15, -0.1) is 0 Å². The Morgan fingerprint density at radius 2 is 1.48 bits per heavy atom. The molecule has 0 aliphatic heterocycles. The second-order valence-corrected chi connectivity index (χ2v) is 6.96. The molecule has 0 amide bonds. The molecule has 0 radical (unpaired) electrons. The number of rotatable bonds is 3. The van der Waals surface area contributed by atoms with E-state index in [4.69, 9.17) is 0 Å². The lowest BCUT2D eigenvalue weighted by Crippen LogP contribution is -2.41. The minimum atomic E-state index is -1.01. The molecule has 0 spiro atoms. The molecule has 0 saturated carbocycles. The summed E-state index contributed by atoms with van der Waals surface area (Å²) in [5.41, 5.74) is 2.27. The number of Topliss-reactive ketones (excluding diaryl/α,β-unsaturated/α-hetero) is 2. The summed E-state index contributed by atoms with van der Waals surface area (Å²) in [4.78, 5) is 25.6. The van der Waals surface area contributed by atoms with E-state index in [1.165, 1.54) is 0 Å². The summed E-state index contributed by atoms with van der Waals surface area (Å²) in [5, 5.41) is 2.28. The van der Waals surface area contributed by atoms with E-state index < -0.39 is 5.41 Å². The third-order valence-corrected chi connectivity index (χ3v) is 5.70. The molecule has 1 aliphatic carbocycles. The van der Waals surface area contributed by atoms with E-state index in [1.54, 1.807) is 13.8 Å². The minimum absolute atomic E-state index is 0.0471. The molecule has 0 bridgehead atoms. The van der Waals surface area contributed by atoms with E-state index in [2.05, 4.69) is 24.3 Å². The zero-order valence-corrected chi connectivity index (χ0v) is 14.5. The Morgan fingerprint density at radius 1 is 0.840 bits per heavy atom. The van der Waals surface area contributed by atoms with E-state index in [0.29, 0.717) is 6.42 Å². The van der Waals surface area contributed by atoms with Gasteiger partial charge in [-0.25, -0.2) is 0 Å². The van der Waals surface area contributed by atoms with Gasteiger partial charge in [-0.1, -0.05) is 66.7 Å². The van der Waals surface area contributed by atoms with Gasteiger partial charge < -0.3 is 0 Å². The van der Waals surface area contributed by atoms with Gasteiger partial charge in [0.05, 0.1) is 0 Å². The van der Waals surface area contributed by atoms with Crippen LogP contribution >= 0.6 is 0 Å². The molecule has 0 fully saturated rings. The maximum Gasteiger partial charge on any atom is 0.144 e. The van der Waals surface area contributed by atoms with Crippen molar-refractivity contribution in [1.82, 2.24) is 0 Å². The molecule has 2 nitrogen and oxygen atoms in total. The van der Waals surface area contributed by atoms with Crippen molar-refractivity contribution in [2.24, 2.45) is 5.41 Å². The van der Waals surface area contributed by atoms with Crippen LogP contribution in [0, 0.1) is 5.41 Å². The van der Waals surface area contributed by atoms with Crippen molar-refractivity contribution in [1.29, 1.82) is 0 Å². The topological polar surface area (TPSA) is 34.1 Å². The molecule has 1 atom stereocenters. The summed E-state index contributed by atoms with van der Waals surface area (Å²) in [5.74, 6) is -0.326. The zero-order valence-electron chi connectivity index (χ0n) is 14.5. The zero-order chi connectivity index (χ0) is 17.6. The summed E-state index contributed by atoms with van der Waals surface area (Å²) in [6.07, 6.45) is 0.484. The number of carbonyl (C=O) groups excluding carboxylic acids is 2. The maximum atomic E-state index is 12.8. The van der Waals surface area contributed by atoms with Crippen LogP contribution in [0.25, 0.3) is 10.8 Å². The lowest BCUT2D eigenvalue weighted by Gasteiger charge is -2.31. The lowest BCUT2D eigenvalue weighted by atomic mass is 9.67. The molecule has 1 aliphatic rings. The Bertz CT molecular complexity index is 971. The SMILES string of the molecule is CC(=O)C1(C(C)=O)Cc2ccc3ccccc3c2C1c1ccccc1. The molecule has 0 saturated heterocycles. The quantitative estimate of drug-likeness (QED) is 0.654. The number of ketones is 2. The van der Waals surface area contributed by atoms with Crippen LogP contribution in [0.5, 0.6) is 0 Å². The molecule has 3 aromatic rings. The normalized spacial score (nSPS) is 18.1. The summed E-state index contributed by atoms with van der Waals surface area (Å²) < 4.78 is 0. The van der Waals surface area contributed by atoms with E-state index in [9.17, 15) is 9.59 Å². The van der Waals surface area contributed by atoms with Crippen molar-refractivity contribution in [2.75, 3.05) is 0 Å². The Labute approximate surface area is 147 Å². The highest BCUT2D eigenvalue weighted by Gasteiger charge is 2.54. The molecule has 4 rings (SSSR count). The van der Waals surface area contributed by atoms with E-state index in [0.717, 1.165) is 27.5 Å². The van der Waals surface area contributed by atoms with Crippen molar-refractivity contribution in [2.45, 2.75) is 26.2 Å². The summed E-state index contributed by atoms with van der Waals surface area (Å²) in [6.45, 7) is 3.12. The van der Waals surface area contributed by atoms with Gasteiger partial charge in [0, 0.05) is 5.92 Å². The van der Waals surface area contributed by atoms with Crippen molar-refractivity contribution in [3.8, 4) is 0 Å². The molecule has 0 aromatic heterocycles. The third kappa shape index (κ3) is 2.17. The van der Waals surface area contributed by atoms with E-state index in [-0.39, 0.29) is 17.5 Å². The second-order valence-electron chi connectivity index (χ2n) is 6.96. The molecule has 0 N–H and O–H groups in total. The highest BCUT2D eigenvalue weighted by atomic mass is 16.2. The fraction of sp³-hybridized carbons (Fsp3) is 0.217. The van der Waals surface area contributed by atoms with Crippen LogP contribution in [-0.2, 0) is 16.0 Å². The van der Waals surface area contributed by atoms with Gasteiger partial charge in [0.1, 0.15) is 17.0 Å². The highest BCUT2D eigenvalue weighted by Crippen LogP contribution is 2.54. The number of carbonyl (C=O) groups is 2. The molecule has 0 heterocycles. The van der Waals surface area contributed by atoms with Crippen molar-refractivity contribution in [3.63, 3.8) is 0 Å². The van der Waals surface area contributed by atoms with Crippen LogP contribution < -0.4 is 0 Å². The van der Waals surface area contributed by atoms with Crippen LogP contribution in [0.3, 0.4) is 0 Å². The van der Waals surface area contributed by atoms with Crippen LogP contribution in [0.4, 0.5) is 0 Å². The van der Waals surface area contributed by atoms with Gasteiger partial charge in [-0.3, -0.25) is 9.59 Å². The monoisotopic (exact) mass is 328 g/mol. The molecule has 2 heteroatoms. The molecule has 124 valence electrons. The first-order valence-electron chi connectivity index (χ1n) is 8.63. The van der Waals surface area contributed by atoms with Gasteiger partial charge in [-0.05, 0) is 47.7 Å². The second kappa shape index (κ2) is 5.66. The van der Waals surface area contributed by atoms with Crippen LogP contribution in [0.2, 0.25) is 0 Å². The molecular weight excluding hydrogens is 308 g/mol. The van der Waals surface area contributed by atoms with E-state index >= 15 is 0 Å². The smallest absolute Gasteiger partial charge is 0.144 e. The third-order valence-electron chi connectivity index (χ3n) is 5.70. The standard InChI is InChI=1S/C23H20O2/c1-15(24)23(16(2)25)14-19-13-12-17-8-6-7-11-20(17)21(19)22(23)18-9-4-3-5-10-18/h3-13,22H,14H2,1-2H3. The molecule has 3 aromatic carbocycles. The Kier molecular flexibility index (Phi) is 3.57. The molecular formula is C23H20O2. The first kappa shape index (κ1) is 15.8. The van der Waals surface area contributed by atoms with Crippen molar-refractivity contribution >= 4 is 22.3 Å². The van der Waals surface area contributed by atoms with E-state index in [1.807, 2.05) is 42.5 Å². The average molecular weight is 328 g/mol. The van der Waals surface area contributed by atoms with Crippen LogP contribution in [0.15, 0.2) is 66.7 Å². The maximum absolute atomic E-state index is 12.8. The van der Waals surface area contributed by atoms with Crippen LogP contribution in [-0.4, -0.2) is 11.6 Å². The van der Waals surface area contributed by atoms with Gasteiger partial charge in [0.2, 0.25) is 0 Å². The summed E-state index contributed by atoms with van der Waals surface area (Å²) in [7, 11) is 0. The van der Waals surface area contributed by atoms with Gasteiger partial charge in [0.15, 0.2) is 0 Å². The number of hydrogen-bond acceptors (Lipinski definition) is 2. The van der Waals surface area contributed by atoms with Crippen molar-refractivity contribution < 1.29 is 9.59 Å². The molecule has 1 unspecified atom stereocenters. The van der Waals surface area contributed by atoms with Crippen LogP contribution in [0.1, 0.15) is 36.5 Å². The van der Waals surface area contributed by atoms with Gasteiger partial charge in [-0.2, -0.15) is 0 Å². The first-order chi connectivity index (χ1) is 12.1. The lowest BCUT2D eigenvalue weighted by molar-refractivity contribution is -0.138. The largest absolute Gasteiger partial charge is 0.299 e. The number of benzene rings is 3.